The van der Waals surface area contributed by atoms with Crippen molar-refractivity contribution in [2.24, 2.45) is 0 Å². The van der Waals surface area contributed by atoms with Gasteiger partial charge in [0.15, 0.2) is 0 Å². The fraction of sp³-hybridized carbons (Fsp3) is 0.360. The maximum atomic E-state index is 13.0. The quantitative estimate of drug-likeness (QED) is 0.568. The number of alkyl halides is 3. The van der Waals surface area contributed by atoms with E-state index in [9.17, 15) is 18.0 Å². The number of nitrogens with one attached hydrogen (secondary N) is 1. The average Bonchev–Trinajstić information content (AvgIpc) is 2.84. The van der Waals surface area contributed by atoms with Gasteiger partial charge in [-0.15, -0.1) is 0 Å². The molecule has 3 aromatic rings. The molecule has 1 amide bonds. The molecule has 6 nitrogen and oxygen atoms in total. The molecule has 178 valence electrons. The molecule has 1 fully saturated rings. The Morgan fingerprint density at radius 2 is 1.79 bits per heavy atom. The molecule has 0 aliphatic carbocycles. The van der Waals surface area contributed by atoms with Gasteiger partial charge in [0.05, 0.1) is 23.1 Å². The first-order valence-corrected chi connectivity index (χ1v) is 11.3. The van der Waals surface area contributed by atoms with Gasteiger partial charge in [-0.25, -0.2) is 4.98 Å². The second-order valence-electron chi connectivity index (χ2n) is 8.37. The zero-order chi connectivity index (χ0) is 24.3. The average molecular weight is 470 g/mol. The zero-order valence-corrected chi connectivity index (χ0v) is 19.1. The van der Waals surface area contributed by atoms with Gasteiger partial charge in [-0.3, -0.25) is 14.8 Å². The molecule has 34 heavy (non-hydrogen) atoms. The largest absolute Gasteiger partial charge is 0.416 e. The molecular formula is C25H26F3N5O. The lowest BCUT2D eigenvalue weighted by Gasteiger charge is -2.33. The Balaban J connectivity index is 1.66. The number of carbonyl (C=O) groups is 1. The van der Waals surface area contributed by atoms with Crippen LogP contribution in [-0.2, 0) is 11.0 Å². The van der Waals surface area contributed by atoms with Gasteiger partial charge in [0.2, 0.25) is 5.91 Å². The third-order valence-corrected chi connectivity index (χ3v) is 6.03. The van der Waals surface area contributed by atoms with Crippen LogP contribution in [0.3, 0.4) is 0 Å². The molecule has 0 radical (unpaired) electrons. The molecule has 1 aliphatic heterocycles. The van der Waals surface area contributed by atoms with E-state index in [4.69, 9.17) is 4.98 Å². The SMILES string of the molecule is CCC(=O)NC1CCN(c2cnc(-c3ccc(C(F)(F)F)cc3)c(-c3ccncc3C)n2)CC1. The van der Waals surface area contributed by atoms with Crippen LogP contribution in [0.2, 0.25) is 0 Å². The molecule has 0 saturated carbocycles. The molecule has 0 spiro atoms. The van der Waals surface area contributed by atoms with Crippen LogP contribution in [-0.4, -0.2) is 40.0 Å². The Labute approximate surface area is 196 Å². The number of hydrogen-bond donors (Lipinski definition) is 1. The lowest BCUT2D eigenvalue weighted by Crippen LogP contribution is -2.44. The van der Waals surface area contributed by atoms with Crippen molar-refractivity contribution in [2.45, 2.75) is 45.3 Å². The summed E-state index contributed by atoms with van der Waals surface area (Å²) in [5, 5.41) is 3.04. The van der Waals surface area contributed by atoms with Crippen LogP contribution in [0.4, 0.5) is 19.0 Å². The van der Waals surface area contributed by atoms with Crippen molar-refractivity contribution in [1.29, 1.82) is 0 Å². The summed E-state index contributed by atoms with van der Waals surface area (Å²) in [7, 11) is 0. The predicted molar refractivity (Wildman–Crippen MR) is 124 cm³/mol. The Hall–Kier alpha value is -3.49. The molecule has 0 bridgehead atoms. The van der Waals surface area contributed by atoms with E-state index in [-0.39, 0.29) is 11.9 Å². The highest BCUT2D eigenvalue weighted by Crippen LogP contribution is 2.35. The molecule has 1 aliphatic rings. The Morgan fingerprint density at radius 3 is 2.41 bits per heavy atom. The number of carbonyl (C=O) groups excluding carboxylic acids is 1. The van der Waals surface area contributed by atoms with Gasteiger partial charge in [0.25, 0.3) is 0 Å². The topological polar surface area (TPSA) is 71.0 Å². The normalized spacial score (nSPS) is 14.8. The fourth-order valence-electron chi connectivity index (χ4n) is 4.07. The Bertz CT molecular complexity index is 1160. The molecule has 0 atom stereocenters. The van der Waals surface area contributed by atoms with Crippen molar-refractivity contribution in [3.63, 3.8) is 0 Å². The first kappa shape index (κ1) is 23.7. The number of benzene rings is 1. The van der Waals surface area contributed by atoms with Gasteiger partial charge in [0, 0.05) is 49.1 Å². The van der Waals surface area contributed by atoms with E-state index in [1.165, 1.54) is 12.1 Å². The van der Waals surface area contributed by atoms with E-state index in [1.54, 1.807) is 18.6 Å². The van der Waals surface area contributed by atoms with Crippen molar-refractivity contribution in [3.05, 3.63) is 60.0 Å². The lowest BCUT2D eigenvalue weighted by molar-refractivity contribution is -0.137. The summed E-state index contributed by atoms with van der Waals surface area (Å²) < 4.78 is 39.1. The van der Waals surface area contributed by atoms with Crippen LogP contribution in [0.15, 0.2) is 48.9 Å². The molecule has 1 aromatic carbocycles. The summed E-state index contributed by atoms with van der Waals surface area (Å²) in [5.41, 5.74) is 2.67. The maximum absolute atomic E-state index is 13.0. The Morgan fingerprint density at radius 1 is 1.09 bits per heavy atom. The number of nitrogens with zero attached hydrogens (tertiary/aromatic N) is 4. The second kappa shape index (κ2) is 9.79. The molecule has 1 saturated heterocycles. The molecule has 2 aromatic heterocycles. The van der Waals surface area contributed by atoms with E-state index in [1.807, 2.05) is 19.9 Å². The summed E-state index contributed by atoms with van der Waals surface area (Å²) in [5.74, 6) is 0.747. The van der Waals surface area contributed by atoms with Gasteiger partial charge in [-0.05, 0) is 43.5 Å². The van der Waals surface area contributed by atoms with Crippen molar-refractivity contribution in [3.8, 4) is 22.5 Å². The number of amides is 1. The third kappa shape index (κ3) is 5.18. The number of pyridine rings is 1. The monoisotopic (exact) mass is 469 g/mol. The van der Waals surface area contributed by atoms with Crippen LogP contribution >= 0.6 is 0 Å². The number of piperidine rings is 1. The van der Waals surface area contributed by atoms with Crippen molar-refractivity contribution in [1.82, 2.24) is 20.3 Å². The first-order chi connectivity index (χ1) is 16.3. The van der Waals surface area contributed by atoms with E-state index in [0.29, 0.717) is 29.2 Å². The third-order valence-electron chi connectivity index (χ3n) is 6.03. The van der Waals surface area contributed by atoms with Gasteiger partial charge in [-0.1, -0.05) is 19.1 Å². The van der Waals surface area contributed by atoms with E-state index in [2.05, 4.69) is 20.2 Å². The fourth-order valence-corrected chi connectivity index (χ4v) is 4.07. The number of rotatable bonds is 5. The first-order valence-electron chi connectivity index (χ1n) is 11.3. The van der Waals surface area contributed by atoms with Gasteiger partial charge < -0.3 is 10.2 Å². The van der Waals surface area contributed by atoms with Crippen LogP contribution in [0.5, 0.6) is 0 Å². The van der Waals surface area contributed by atoms with Crippen LogP contribution in [0, 0.1) is 6.92 Å². The summed E-state index contributed by atoms with van der Waals surface area (Å²) in [4.78, 5) is 27.5. The van der Waals surface area contributed by atoms with Crippen LogP contribution in [0.1, 0.15) is 37.3 Å². The highest BCUT2D eigenvalue weighted by Gasteiger charge is 2.30. The van der Waals surface area contributed by atoms with E-state index >= 15 is 0 Å². The molecule has 4 rings (SSSR count). The summed E-state index contributed by atoms with van der Waals surface area (Å²) in [6, 6.07) is 6.95. The lowest BCUT2D eigenvalue weighted by atomic mass is 10.0. The van der Waals surface area contributed by atoms with Crippen LogP contribution in [0.25, 0.3) is 22.5 Å². The molecule has 1 N–H and O–H groups in total. The van der Waals surface area contributed by atoms with Gasteiger partial charge in [0.1, 0.15) is 5.82 Å². The van der Waals surface area contributed by atoms with Gasteiger partial charge >= 0.3 is 6.18 Å². The maximum Gasteiger partial charge on any atom is 0.416 e. The van der Waals surface area contributed by atoms with Crippen molar-refractivity contribution >= 4 is 11.7 Å². The highest BCUT2D eigenvalue weighted by atomic mass is 19.4. The minimum absolute atomic E-state index is 0.0505. The van der Waals surface area contributed by atoms with E-state index in [0.717, 1.165) is 49.2 Å². The standard InChI is InChI=1S/C25H26F3N5O/c1-3-22(34)31-19-9-12-33(13-10-19)21-15-30-23(17-4-6-18(7-5-17)25(26,27)28)24(32-21)20-8-11-29-14-16(20)2/h4-8,11,14-15,19H,3,9-10,12-13H2,1-2H3,(H,31,34). The predicted octanol–water partition coefficient (Wildman–Crippen LogP) is 5.03. The van der Waals surface area contributed by atoms with Crippen molar-refractivity contribution < 1.29 is 18.0 Å². The summed E-state index contributed by atoms with van der Waals surface area (Å²) in [6.45, 7) is 5.19. The van der Waals surface area contributed by atoms with Crippen molar-refractivity contribution in [2.75, 3.05) is 18.0 Å². The Kier molecular flexibility index (Phi) is 6.81. The smallest absolute Gasteiger partial charge is 0.355 e. The molecule has 3 heterocycles. The number of anilines is 1. The number of aromatic nitrogens is 3. The minimum atomic E-state index is -4.40. The molecule has 0 unspecified atom stereocenters. The summed E-state index contributed by atoms with van der Waals surface area (Å²) in [6.07, 6.45) is 2.72. The number of hydrogen-bond acceptors (Lipinski definition) is 5. The summed E-state index contributed by atoms with van der Waals surface area (Å²) >= 11 is 0. The number of halogens is 3. The zero-order valence-electron chi connectivity index (χ0n) is 19.1. The minimum Gasteiger partial charge on any atom is -0.355 e. The van der Waals surface area contributed by atoms with Gasteiger partial charge in [-0.2, -0.15) is 13.2 Å². The number of aryl methyl sites for hydroxylation is 1. The molecule has 9 heteroatoms. The van der Waals surface area contributed by atoms with Crippen LogP contribution < -0.4 is 10.2 Å². The van der Waals surface area contributed by atoms with E-state index < -0.39 is 11.7 Å². The molecular weight excluding hydrogens is 443 g/mol. The second-order valence-corrected chi connectivity index (χ2v) is 8.37. The highest BCUT2D eigenvalue weighted by molar-refractivity contribution is 5.80.